The molecular formula is C11H10F3NO. The number of rotatable bonds is 0. The maximum Gasteiger partial charge on any atom is 0.416 e. The molecule has 0 aliphatic carbocycles. The number of alkyl halides is 3. The van der Waals surface area contributed by atoms with Crippen LogP contribution in [0.3, 0.4) is 0 Å². The van der Waals surface area contributed by atoms with E-state index in [1.165, 1.54) is 6.92 Å². The van der Waals surface area contributed by atoms with Gasteiger partial charge >= 0.3 is 6.18 Å². The van der Waals surface area contributed by atoms with Crippen LogP contribution in [-0.2, 0) is 6.18 Å². The van der Waals surface area contributed by atoms with Crippen molar-refractivity contribution in [2.75, 3.05) is 5.73 Å². The van der Waals surface area contributed by atoms with Crippen molar-refractivity contribution in [3.63, 3.8) is 0 Å². The fraction of sp³-hybridized carbons (Fsp3) is 0.273. The van der Waals surface area contributed by atoms with Crippen LogP contribution >= 0.6 is 0 Å². The molecule has 0 saturated heterocycles. The molecule has 0 heterocycles. The average Bonchev–Trinajstić information content (AvgIpc) is 2.14. The molecule has 16 heavy (non-hydrogen) atoms. The monoisotopic (exact) mass is 229 g/mol. The van der Waals surface area contributed by atoms with Crippen molar-refractivity contribution in [3.8, 4) is 11.8 Å². The number of aliphatic hydroxyl groups is 1. The summed E-state index contributed by atoms with van der Waals surface area (Å²) in [5, 5.41) is 8.90. The number of aliphatic hydroxyl groups excluding tert-OH is 1. The van der Waals surface area contributed by atoms with E-state index in [1.807, 2.05) is 0 Å². The van der Waals surface area contributed by atoms with Gasteiger partial charge in [-0.1, -0.05) is 11.8 Å². The Morgan fingerprint density at radius 1 is 1.38 bits per heavy atom. The first-order chi connectivity index (χ1) is 7.30. The Morgan fingerprint density at radius 2 is 2.00 bits per heavy atom. The van der Waals surface area contributed by atoms with Crippen LogP contribution < -0.4 is 5.73 Å². The summed E-state index contributed by atoms with van der Waals surface area (Å²) in [5.41, 5.74) is 4.88. The fourth-order valence-electron chi connectivity index (χ4n) is 1.02. The number of hydrogen-bond acceptors (Lipinski definition) is 2. The van der Waals surface area contributed by atoms with E-state index in [0.29, 0.717) is 0 Å². The summed E-state index contributed by atoms with van der Waals surface area (Å²) >= 11 is 0. The summed E-state index contributed by atoms with van der Waals surface area (Å²) in [6, 6.07) is 2.91. The molecule has 1 aromatic rings. The van der Waals surface area contributed by atoms with E-state index in [2.05, 4.69) is 11.8 Å². The van der Waals surface area contributed by atoms with Crippen molar-refractivity contribution in [2.24, 2.45) is 0 Å². The minimum atomic E-state index is -4.42. The largest absolute Gasteiger partial charge is 0.416 e. The van der Waals surface area contributed by atoms with Crippen molar-refractivity contribution < 1.29 is 18.3 Å². The van der Waals surface area contributed by atoms with Crippen LogP contribution in [0.15, 0.2) is 18.2 Å². The SMILES string of the molecule is CC(O)C#Cc1cc(C(F)(F)F)ccc1N. The van der Waals surface area contributed by atoms with Crippen LogP contribution in [0.4, 0.5) is 18.9 Å². The van der Waals surface area contributed by atoms with Crippen molar-refractivity contribution in [1.29, 1.82) is 0 Å². The van der Waals surface area contributed by atoms with Gasteiger partial charge in [-0.3, -0.25) is 0 Å². The maximum absolute atomic E-state index is 12.4. The van der Waals surface area contributed by atoms with Crippen molar-refractivity contribution >= 4 is 5.69 Å². The van der Waals surface area contributed by atoms with E-state index in [1.54, 1.807) is 0 Å². The number of nitrogens with two attached hydrogens (primary N) is 1. The van der Waals surface area contributed by atoms with E-state index in [0.717, 1.165) is 18.2 Å². The van der Waals surface area contributed by atoms with Crippen molar-refractivity contribution in [1.82, 2.24) is 0 Å². The molecule has 0 aliphatic rings. The molecular weight excluding hydrogens is 219 g/mol. The van der Waals surface area contributed by atoms with Gasteiger partial charge in [0, 0.05) is 11.3 Å². The molecule has 1 rings (SSSR count). The first kappa shape index (κ1) is 12.4. The number of benzene rings is 1. The van der Waals surface area contributed by atoms with Crippen LogP contribution in [0.1, 0.15) is 18.1 Å². The summed E-state index contributed by atoms with van der Waals surface area (Å²) in [4.78, 5) is 0. The smallest absolute Gasteiger partial charge is 0.398 e. The van der Waals surface area contributed by atoms with E-state index in [4.69, 9.17) is 10.8 Å². The summed E-state index contributed by atoms with van der Waals surface area (Å²) < 4.78 is 37.1. The number of nitrogen functional groups attached to an aromatic ring is 1. The zero-order valence-electron chi connectivity index (χ0n) is 8.47. The first-order valence-electron chi connectivity index (χ1n) is 4.47. The predicted octanol–water partition coefficient (Wildman–Crippen LogP) is 2.02. The maximum atomic E-state index is 12.4. The predicted molar refractivity (Wildman–Crippen MR) is 54.4 cm³/mol. The Morgan fingerprint density at radius 3 is 2.50 bits per heavy atom. The normalized spacial score (nSPS) is 12.8. The van der Waals surface area contributed by atoms with Crippen LogP contribution in [0.5, 0.6) is 0 Å². The Labute approximate surface area is 90.9 Å². The van der Waals surface area contributed by atoms with Gasteiger partial charge in [0.15, 0.2) is 0 Å². The van der Waals surface area contributed by atoms with Gasteiger partial charge in [-0.05, 0) is 25.1 Å². The van der Waals surface area contributed by atoms with Crippen molar-refractivity contribution in [2.45, 2.75) is 19.2 Å². The van der Waals surface area contributed by atoms with E-state index in [-0.39, 0.29) is 11.3 Å². The molecule has 0 fully saturated rings. The highest BCUT2D eigenvalue weighted by Gasteiger charge is 2.30. The van der Waals surface area contributed by atoms with Gasteiger partial charge in [0.2, 0.25) is 0 Å². The molecule has 0 radical (unpaired) electrons. The fourth-order valence-corrected chi connectivity index (χ4v) is 1.02. The highest BCUT2D eigenvalue weighted by molar-refractivity contribution is 5.57. The van der Waals surface area contributed by atoms with Crippen molar-refractivity contribution in [3.05, 3.63) is 29.3 Å². The molecule has 2 nitrogen and oxygen atoms in total. The van der Waals surface area contributed by atoms with E-state index < -0.39 is 17.8 Å². The van der Waals surface area contributed by atoms with Gasteiger partial charge in [-0.15, -0.1) is 0 Å². The number of anilines is 1. The molecule has 5 heteroatoms. The third-order valence-electron chi connectivity index (χ3n) is 1.80. The minimum Gasteiger partial charge on any atom is -0.398 e. The van der Waals surface area contributed by atoms with Gasteiger partial charge in [-0.2, -0.15) is 13.2 Å². The molecule has 3 N–H and O–H groups in total. The quantitative estimate of drug-likeness (QED) is 0.528. The zero-order valence-corrected chi connectivity index (χ0v) is 8.47. The molecule has 0 aliphatic heterocycles. The minimum absolute atomic E-state index is 0.0655. The Kier molecular flexibility index (Phi) is 3.45. The molecule has 0 saturated carbocycles. The Hall–Kier alpha value is -1.67. The molecule has 1 atom stereocenters. The third kappa shape index (κ3) is 3.17. The molecule has 0 amide bonds. The zero-order chi connectivity index (χ0) is 12.3. The first-order valence-corrected chi connectivity index (χ1v) is 4.47. The molecule has 86 valence electrons. The average molecular weight is 229 g/mol. The Bertz CT molecular complexity index is 441. The molecule has 0 bridgehead atoms. The summed E-state index contributed by atoms with van der Waals surface area (Å²) in [7, 11) is 0. The number of hydrogen-bond donors (Lipinski definition) is 2. The van der Waals surface area contributed by atoms with E-state index >= 15 is 0 Å². The van der Waals surface area contributed by atoms with Crippen LogP contribution in [0.2, 0.25) is 0 Å². The lowest BCUT2D eigenvalue weighted by Crippen LogP contribution is -2.06. The third-order valence-corrected chi connectivity index (χ3v) is 1.80. The van der Waals surface area contributed by atoms with Gasteiger partial charge < -0.3 is 10.8 Å². The van der Waals surface area contributed by atoms with Gasteiger partial charge in [0.25, 0.3) is 0 Å². The second-order valence-electron chi connectivity index (χ2n) is 3.25. The van der Waals surface area contributed by atoms with Crippen LogP contribution in [-0.4, -0.2) is 11.2 Å². The highest BCUT2D eigenvalue weighted by Crippen LogP contribution is 2.30. The second kappa shape index (κ2) is 4.45. The number of halogens is 3. The lowest BCUT2D eigenvalue weighted by Gasteiger charge is -2.07. The second-order valence-corrected chi connectivity index (χ2v) is 3.25. The van der Waals surface area contributed by atoms with Crippen LogP contribution in [0, 0.1) is 11.8 Å². The van der Waals surface area contributed by atoms with Gasteiger partial charge in [0.05, 0.1) is 5.56 Å². The standard InChI is InChI=1S/C11H10F3NO/c1-7(16)2-3-8-6-9(11(12,13)14)4-5-10(8)15/h4-7,16H,15H2,1H3. The highest BCUT2D eigenvalue weighted by atomic mass is 19.4. The molecule has 1 unspecified atom stereocenters. The topological polar surface area (TPSA) is 46.2 Å². The molecule has 0 spiro atoms. The van der Waals surface area contributed by atoms with Gasteiger partial charge in [-0.25, -0.2) is 0 Å². The van der Waals surface area contributed by atoms with E-state index in [9.17, 15) is 13.2 Å². The molecule has 1 aromatic carbocycles. The Balaban J connectivity index is 3.16. The summed E-state index contributed by atoms with van der Waals surface area (Å²) in [6.07, 6.45) is -5.33. The lowest BCUT2D eigenvalue weighted by molar-refractivity contribution is -0.137. The summed E-state index contributed by atoms with van der Waals surface area (Å²) in [6.45, 7) is 1.41. The lowest BCUT2D eigenvalue weighted by atomic mass is 10.1. The van der Waals surface area contributed by atoms with Gasteiger partial charge in [0.1, 0.15) is 6.10 Å². The summed E-state index contributed by atoms with van der Waals surface area (Å²) in [5.74, 6) is 4.74. The van der Waals surface area contributed by atoms with Crippen LogP contribution in [0.25, 0.3) is 0 Å². The molecule has 0 aromatic heterocycles.